The topological polar surface area (TPSA) is 0 Å². The first-order valence-electron chi connectivity index (χ1n) is 16.9. The van der Waals surface area contributed by atoms with Crippen molar-refractivity contribution in [2.24, 2.45) is 0 Å². The van der Waals surface area contributed by atoms with Gasteiger partial charge in [-0.05, 0) is 75.9 Å². The van der Waals surface area contributed by atoms with Crippen LogP contribution in [-0.2, 0) is 0 Å². The van der Waals surface area contributed by atoms with Gasteiger partial charge in [0.15, 0.2) is 0 Å². The first-order chi connectivity index (χ1) is 24.3. The van der Waals surface area contributed by atoms with Crippen LogP contribution in [0.5, 0.6) is 0 Å². The molecule has 226 valence electrons. The van der Waals surface area contributed by atoms with Gasteiger partial charge in [0.1, 0.15) is 0 Å². The molecule has 11 rings (SSSR count). The van der Waals surface area contributed by atoms with Gasteiger partial charge in [0.05, 0.1) is 0 Å². The van der Waals surface area contributed by atoms with E-state index in [1.165, 1.54) is 107 Å². The molecule has 0 spiro atoms. The smallest absolute Gasteiger partial charge is 0.0440 e. The lowest BCUT2D eigenvalue weighted by molar-refractivity contribution is 1.68. The van der Waals surface area contributed by atoms with E-state index in [1.54, 1.807) is 0 Å². The third kappa shape index (κ3) is 3.74. The Hall–Kier alpha value is -6.02. The molecule has 1 heterocycles. The van der Waals surface area contributed by atoms with E-state index in [4.69, 9.17) is 0 Å². The molecule has 0 N–H and O–H groups in total. The summed E-state index contributed by atoms with van der Waals surface area (Å²) in [4.78, 5) is 0. The first-order valence-corrected chi connectivity index (χ1v) is 17.8. The molecule has 0 amide bonds. The maximum atomic E-state index is 2.37. The Bertz CT molecular complexity index is 3120. The van der Waals surface area contributed by atoms with Gasteiger partial charge in [0.2, 0.25) is 0 Å². The fourth-order valence-electron chi connectivity index (χ4n) is 8.59. The van der Waals surface area contributed by atoms with Gasteiger partial charge in [-0.2, -0.15) is 0 Å². The molecule has 1 aromatic heterocycles. The third-order valence-electron chi connectivity index (χ3n) is 10.6. The van der Waals surface area contributed by atoms with Crippen LogP contribution in [0.3, 0.4) is 0 Å². The number of rotatable bonds is 2. The lowest BCUT2D eigenvalue weighted by Crippen LogP contribution is -1.90. The van der Waals surface area contributed by atoms with Gasteiger partial charge in [-0.25, -0.2) is 0 Å². The maximum Gasteiger partial charge on any atom is 0.0440 e. The molecule has 0 fully saturated rings. The minimum atomic E-state index is 1.27. The Morgan fingerprint density at radius 2 is 0.571 bits per heavy atom. The molecule has 11 aromatic rings. The predicted octanol–water partition coefficient (Wildman–Crippen LogP) is 14.3. The first kappa shape index (κ1) is 27.0. The third-order valence-corrected chi connectivity index (χ3v) is 11.9. The molecule has 0 saturated carbocycles. The SMILES string of the molecule is c1ccc2c(-c3cccc4c5ccccc5c5ccccc5c34)ccc(-c3cccc4c3sc3c5ccccc5c5ccccc5c43)c2c1. The van der Waals surface area contributed by atoms with Crippen LogP contribution in [0, 0.1) is 0 Å². The van der Waals surface area contributed by atoms with E-state index in [0.29, 0.717) is 0 Å². The molecular formula is C48H28S. The van der Waals surface area contributed by atoms with Gasteiger partial charge in [0, 0.05) is 31.1 Å². The summed E-state index contributed by atoms with van der Waals surface area (Å²) in [6.45, 7) is 0. The molecule has 10 aromatic carbocycles. The molecule has 0 aliphatic heterocycles. The van der Waals surface area contributed by atoms with E-state index < -0.39 is 0 Å². The van der Waals surface area contributed by atoms with Gasteiger partial charge in [-0.15, -0.1) is 11.3 Å². The van der Waals surface area contributed by atoms with E-state index >= 15 is 0 Å². The molecule has 0 unspecified atom stereocenters. The van der Waals surface area contributed by atoms with E-state index in [-0.39, 0.29) is 0 Å². The summed E-state index contributed by atoms with van der Waals surface area (Å²) in [5, 5.41) is 18.4. The normalized spacial score (nSPS) is 12.1. The van der Waals surface area contributed by atoms with Crippen LogP contribution in [-0.4, -0.2) is 0 Å². The molecule has 0 aliphatic carbocycles. The van der Waals surface area contributed by atoms with E-state index in [1.807, 2.05) is 11.3 Å². The van der Waals surface area contributed by atoms with Crippen molar-refractivity contribution in [2.45, 2.75) is 0 Å². The van der Waals surface area contributed by atoms with Crippen LogP contribution in [0.1, 0.15) is 0 Å². The van der Waals surface area contributed by atoms with Crippen molar-refractivity contribution in [3.63, 3.8) is 0 Å². The van der Waals surface area contributed by atoms with Crippen molar-refractivity contribution in [3.8, 4) is 22.3 Å². The van der Waals surface area contributed by atoms with Crippen LogP contribution in [0.15, 0.2) is 170 Å². The van der Waals surface area contributed by atoms with Crippen LogP contribution >= 0.6 is 11.3 Å². The van der Waals surface area contributed by atoms with E-state index in [9.17, 15) is 0 Å². The molecule has 49 heavy (non-hydrogen) atoms. The minimum Gasteiger partial charge on any atom is -0.134 e. The summed E-state index contributed by atoms with van der Waals surface area (Å²) >= 11 is 1.94. The summed E-state index contributed by atoms with van der Waals surface area (Å²) in [5.74, 6) is 0. The summed E-state index contributed by atoms with van der Waals surface area (Å²) < 4.78 is 2.71. The van der Waals surface area contributed by atoms with Crippen LogP contribution in [0.2, 0.25) is 0 Å². The second-order valence-corrected chi connectivity index (χ2v) is 14.1. The number of hydrogen-bond acceptors (Lipinski definition) is 1. The summed E-state index contributed by atoms with van der Waals surface area (Å²) in [5.41, 5.74) is 5.12. The molecule has 0 bridgehead atoms. The monoisotopic (exact) mass is 636 g/mol. The lowest BCUT2D eigenvalue weighted by Gasteiger charge is -2.17. The van der Waals surface area contributed by atoms with Crippen molar-refractivity contribution in [1.29, 1.82) is 0 Å². The molecule has 0 saturated heterocycles. The van der Waals surface area contributed by atoms with Crippen LogP contribution in [0.4, 0.5) is 0 Å². The Kier molecular flexibility index (Phi) is 5.64. The highest BCUT2D eigenvalue weighted by Gasteiger charge is 2.19. The Balaban J connectivity index is 1.22. The largest absolute Gasteiger partial charge is 0.134 e. The van der Waals surface area contributed by atoms with Crippen molar-refractivity contribution < 1.29 is 0 Å². The number of hydrogen-bond donors (Lipinski definition) is 0. The van der Waals surface area contributed by atoms with Crippen molar-refractivity contribution in [1.82, 2.24) is 0 Å². The second kappa shape index (κ2) is 10.2. The average molecular weight is 637 g/mol. The second-order valence-electron chi connectivity index (χ2n) is 13.1. The van der Waals surface area contributed by atoms with Crippen molar-refractivity contribution in [2.75, 3.05) is 0 Å². The zero-order valence-electron chi connectivity index (χ0n) is 26.6. The number of fused-ring (bicyclic) bond motifs is 15. The standard InChI is InChI=1S/C48H28S/c1-2-14-30-29(13-1)36(40-24-11-23-39-33-16-4-3-15-31(33)32-17-5-8-20-38(32)45(39)40)27-28-37(30)42-25-12-26-44-46-41-21-9-6-18-34(41)35-19-7-10-22-43(35)48(46)49-47(42)44/h1-28H. The Labute approximate surface area is 287 Å². The summed E-state index contributed by atoms with van der Waals surface area (Å²) in [7, 11) is 0. The van der Waals surface area contributed by atoms with Gasteiger partial charge >= 0.3 is 0 Å². The van der Waals surface area contributed by atoms with Gasteiger partial charge in [-0.1, -0.05) is 170 Å². The Morgan fingerprint density at radius 3 is 1.14 bits per heavy atom. The quantitative estimate of drug-likeness (QED) is 0.166. The summed E-state index contributed by atoms with van der Waals surface area (Å²) in [6, 6.07) is 63.0. The highest BCUT2D eigenvalue weighted by Crippen LogP contribution is 2.49. The van der Waals surface area contributed by atoms with Crippen molar-refractivity contribution in [3.05, 3.63) is 170 Å². The van der Waals surface area contributed by atoms with E-state index in [0.717, 1.165) is 0 Å². The van der Waals surface area contributed by atoms with Gasteiger partial charge in [-0.3, -0.25) is 0 Å². The molecule has 1 heteroatoms. The highest BCUT2D eigenvalue weighted by atomic mass is 32.1. The zero-order valence-corrected chi connectivity index (χ0v) is 27.4. The zero-order chi connectivity index (χ0) is 32.1. The number of benzene rings is 10. The highest BCUT2D eigenvalue weighted by molar-refractivity contribution is 7.27. The van der Waals surface area contributed by atoms with Gasteiger partial charge in [0.25, 0.3) is 0 Å². The van der Waals surface area contributed by atoms with Crippen LogP contribution < -0.4 is 0 Å². The summed E-state index contributed by atoms with van der Waals surface area (Å²) in [6.07, 6.45) is 0. The van der Waals surface area contributed by atoms with Gasteiger partial charge < -0.3 is 0 Å². The average Bonchev–Trinajstić information content (AvgIpc) is 3.58. The lowest BCUT2D eigenvalue weighted by atomic mass is 9.86. The molecule has 0 atom stereocenters. The van der Waals surface area contributed by atoms with Crippen LogP contribution in [0.25, 0.3) is 107 Å². The number of thiophene rings is 1. The minimum absolute atomic E-state index is 1.27. The fraction of sp³-hybridized carbons (Fsp3) is 0. The van der Waals surface area contributed by atoms with E-state index in [2.05, 4.69) is 170 Å². The predicted molar refractivity (Wildman–Crippen MR) is 215 cm³/mol. The molecule has 0 radical (unpaired) electrons. The molecule has 0 aliphatic rings. The Morgan fingerprint density at radius 1 is 0.204 bits per heavy atom. The molecule has 0 nitrogen and oxygen atoms in total. The fourth-order valence-corrected chi connectivity index (χ4v) is 9.97. The maximum absolute atomic E-state index is 2.37. The van der Waals surface area contributed by atoms with Crippen molar-refractivity contribution >= 4 is 96.1 Å². The molecular weight excluding hydrogens is 609 g/mol.